The molecule has 0 radical (unpaired) electrons. The molecule has 1 aliphatic heterocycles. The number of hydrogen-bond donors (Lipinski definition) is 1. The first-order valence-electron chi connectivity index (χ1n) is 13.1. The SMILES string of the molecule is CC(=O)c1cn(CC(=O)NCCN(C)C)c2cc(Cl)ccc12.CCCC1(CCC)OCc2ccccc21. The lowest BCUT2D eigenvalue weighted by Gasteiger charge is -2.29. The highest BCUT2D eigenvalue weighted by Gasteiger charge is 2.37. The Labute approximate surface area is 225 Å². The molecule has 6 nitrogen and oxygen atoms in total. The van der Waals surface area contributed by atoms with Gasteiger partial charge >= 0.3 is 0 Å². The van der Waals surface area contributed by atoms with Crippen molar-refractivity contribution < 1.29 is 14.3 Å². The fourth-order valence-corrected chi connectivity index (χ4v) is 5.20. The maximum Gasteiger partial charge on any atom is 0.239 e. The molecule has 200 valence electrons. The predicted molar refractivity (Wildman–Crippen MR) is 151 cm³/mol. The summed E-state index contributed by atoms with van der Waals surface area (Å²) in [6, 6.07) is 14.0. The molecule has 0 saturated heterocycles. The Balaban J connectivity index is 0.000000220. The van der Waals surface area contributed by atoms with Crippen molar-refractivity contribution in [2.24, 2.45) is 0 Å². The van der Waals surface area contributed by atoms with Gasteiger partial charge in [-0.15, -0.1) is 0 Å². The van der Waals surface area contributed by atoms with Crippen molar-refractivity contribution in [3.63, 3.8) is 0 Å². The van der Waals surface area contributed by atoms with Crippen LogP contribution in [0.3, 0.4) is 0 Å². The first-order valence-corrected chi connectivity index (χ1v) is 13.5. The number of ketones is 1. The van der Waals surface area contributed by atoms with E-state index in [9.17, 15) is 9.59 Å². The Morgan fingerprint density at radius 3 is 2.46 bits per heavy atom. The fraction of sp³-hybridized carbons (Fsp3) is 0.467. The van der Waals surface area contributed by atoms with Crippen molar-refractivity contribution >= 4 is 34.2 Å². The molecule has 1 amide bonds. The highest BCUT2D eigenvalue weighted by molar-refractivity contribution is 6.31. The molecule has 0 atom stereocenters. The van der Waals surface area contributed by atoms with Gasteiger partial charge in [-0.05, 0) is 57.1 Å². The molecule has 3 aromatic rings. The second-order valence-electron chi connectivity index (χ2n) is 9.98. The Kier molecular flexibility index (Phi) is 10.3. The molecular formula is C30H40ClN3O3. The number of nitrogens with zero attached hydrogens (tertiary/aromatic N) is 2. The van der Waals surface area contributed by atoms with Crippen LogP contribution in [0, 0.1) is 0 Å². The van der Waals surface area contributed by atoms with Crippen LogP contribution in [0.15, 0.2) is 48.7 Å². The molecule has 1 N–H and O–H groups in total. The summed E-state index contributed by atoms with van der Waals surface area (Å²) in [5, 5.41) is 4.26. The number of ether oxygens (including phenoxy) is 1. The monoisotopic (exact) mass is 525 g/mol. The summed E-state index contributed by atoms with van der Waals surface area (Å²) in [7, 11) is 3.90. The van der Waals surface area contributed by atoms with Crippen molar-refractivity contribution in [2.75, 3.05) is 27.2 Å². The Morgan fingerprint density at radius 2 is 1.81 bits per heavy atom. The minimum Gasteiger partial charge on any atom is -0.366 e. The molecule has 0 spiro atoms. The van der Waals surface area contributed by atoms with Crippen molar-refractivity contribution in [3.8, 4) is 0 Å². The smallest absolute Gasteiger partial charge is 0.239 e. The number of benzene rings is 2. The van der Waals surface area contributed by atoms with Gasteiger partial charge in [-0.2, -0.15) is 0 Å². The average Bonchev–Trinajstić information content (AvgIpc) is 3.39. The third kappa shape index (κ3) is 7.22. The number of Topliss-reactive ketones (excluding diaryl/α,β-unsaturated/α-hetero) is 1. The second-order valence-corrected chi connectivity index (χ2v) is 10.4. The lowest BCUT2D eigenvalue weighted by molar-refractivity contribution is -0.121. The van der Waals surface area contributed by atoms with E-state index in [1.807, 2.05) is 25.1 Å². The zero-order valence-corrected chi connectivity index (χ0v) is 23.5. The molecule has 2 heterocycles. The fourth-order valence-electron chi connectivity index (χ4n) is 5.04. The largest absolute Gasteiger partial charge is 0.366 e. The van der Waals surface area contributed by atoms with Crippen LogP contribution in [0.1, 0.15) is 67.9 Å². The van der Waals surface area contributed by atoms with E-state index in [0.717, 1.165) is 36.9 Å². The predicted octanol–water partition coefficient (Wildman–Crippen LogP) is 6.19. The molecule has 0 saturated carbocycles. The van der Waals surface area contributed by atoms with Crippen LogP contribution in [0.2, 0.25) is 5.02 Å². The van der Waals surface area contributed by atoms with Gasteiger partial charge in [0.25, 0.3) is 0 Å². The van der Waals surface area contributed by atoms with Gasteiger partial charge in [0.05, 0.1) is 17.7 Å². The molecule has 0 aliphatic carbocycles. The maximum atomic E-state index is 12.0. The number of carbonyl (C=O) groups excluding carboxylic acids is 2. The standard InChI is InChI=1S/C16H20ClN3O2.C14H20O/c1-11(21)14-9-20(10-16(22)18-6-7-19(2)3)15-8-12(17)4-5-13(14)15;1-3-9-14(10-4-2)13-8-6-5-7-12(13)11-15-14/h4-5,8-9H,6-7,10H2,1-3H3,(H,18,22);5-8H,3-4,9-11H2,1-2H3. The zero-order chi connectivity index (χ0) is 27.0. The molecule has 0 fully saturated rings. The van der Waals surface area contributed by atoms with Gasteiger partial charge in [0.2, 0.25) is 5.91 Å². The van der Waals surface area contributed by atoms with E-state index in [4.69, 9.17) is 16.3 Å². The minimum atomic E-state index is -0.0890. The zero-order valence-electron chi connectivity index (χ0n) is 22.8. The molecule has 2 aromatic carbocycles. The number of aromatic nitrogens is 1. The highest BCUT2D eigenvalue weighted by atomic mass is 35.5. The van der Waals surface area contributed by atoms with Gasteiger partial charge < -0.3 is 19.5 Å². The van der Waals surface area contributed by atoms with E-state index in [2.05, 4.69) is 43.4 Å². The highest BCUT2D eigenvalue weighted by Crippen LogP contribution is 2.43. The van der Waals surface area contributed by atoms with Gasteiger partial charge in [-0.25, -0.2) is 0 Å². The Bertz CT molecular complexity index is 1210. The molecule has 0 unspecified atom stereocenters. The average molecular weight is 526 g/mol. The second kappa shape index (κ2) is 13.2. The number of hydrogen-bond acceptors (Lipinski definition) is 4. The quantitative estimate of drug-likeness (QED) is 0.321. The third-order valence-electron chi connectivity index (χ3n) is 6.74. The van der Waals surface area contributed by atoms with E-state index in [0.29, 0.717) is 17.1 Å². The third-order valence-corrected chi connectivity index (χ3v) is 6.97. The summed E-state index contributed by atoms with van der Waals surface area (Å²) in [6.45, 7) is 8.33. The topological polar surface area (TPSA) is 63.6 Å². The molecule has 0 bridgehead atoms. The van der Waals surface area contributed by atoms with E-state index < -0.39 is 0 Å². The summed E-state index contributed by atoms with van der Waals surface area (Å²) >= 11 is 6.03. The number of amides is 1. The van der Waals surface area contributed by atoms with Crippen LogP contribution in [-0.2, 0) is 28.3 Å². The number of likely N-dealkylation sites (N-methyl/N-ethyl adjacent to an activating group) is 1. The number of fused-ring (bicyclic) bond motifs is 2. The molecule has 7 heteroatoms. The van der Waals surface area contributed by atoms with Crippen LogP contribution >= 0.6 is 11.6 Å². The van der Waals surface area contributed by atoms with Crippen molar-refractivity contribution in [1.29, 1.82) is 0 Å². The van der Waals surface area contributed by atoms with Gasteiger partial charge in [-0.1, -0.05) is 68.6 Å². The van der Waals surface area contributed by atoms with Crippen LogP contribution in [-0.4, -0.2) is 48.3 Å². The minimum absolute atomic E-state index is 0.0279. The summed E-state index contributed by atoms with van der Waals surface area (Å²) in [4.78, 5) is 25.8. The van der Waals surface area contributed by atoms with Crippen molar-refractivity contribution in [1.82, 2.24) is 14.8 Å². The van der Waals surface area contributed by atoms with Crippen molar-refractivity contribution in [3.05, 3.63) is 70.4 Å². The van der Waals surface area contributed by atoms with Crippen LogP contribution in [0.25, 0.3) is 10.9 Å². The number of nitrogens with one attached hydrogen (secondary N) is 1. The molecule has 37 heavy (non-hydrogen) atoms. The Morgan fingerprint density at radius 1 is 1.11 bits per heavy atom. The lowest BCUT2D eigenvalue weighted by atomic mass is 9.85. The first-order chi connectivity index (χ1) is 17.7. The van der Waals surface area contributed by atoms with Crippen molar-refractivity contribution in [2.45, 2.75) is 65.2 Å². The van der Waals surface area contributed by atoms with Crippen LogP contribution in [0.4, 0.5) is 0 Å². The molecular weight excluding hydrogens is 486 g/mol. The van der Waals surface area contributed by atoms with Gasteiger partial charge in [0.15, 0.2) is 5.78 Å². The summed E-state index contributed by atoms with van der Waals surface area (Å²) in [6.07, 6.45) is 6.40. The van der Waals surface area contributed by atoms with Crippen LogP contribution < -0.4 is 5.32 Å². The number of carbonyl (C=O) groups is 2. The van der Waals surface area contributed by atoms with Crippen LogP contribution in [0.5, 0.6) is 0 Å². The summed E-state index contributed by atoms with van der Waals surface area (Å²) in [5.74, 6) is -0.118. The van der Waals surface area contributed by atoms with Gasteiger partial charge in [0, 0.05) is 35.3 Å². The molecule has 4 rings (SSSR count). The number of rotatable bonds is 10. The van der Waals surface area contributed by atoms with Gasteiger partial charge in [0.1, 0.15) is 6.54 Å². The van der Waals surface area contributed by atoms with E-state index in [1.165, 1.54) is 30.9 Å². The first kappa shape index (κ1) is 28.9. The Hall–Kier alpha value is -2.67. The normalized spacial score (nSPS) is 13.8. The van der Waals surface area contributed by atoms with E-state index in [-0.39, 0.29) is 23.8 Å². The maximum absolute atomic E-state index is 12.0. The van der Waals surface area contributed by atoms with Gasteiger partial charge in [-0.3, -0.25) is 9.59 Å². The molecule has 1 aliphatic rings. The summed E-state index contributed by atoms with van der Waals surface area (Å²) in [5.41, 5.74) is 4.25. The number of halogens is 1. The van der Waals surface area contributed by atoms with E-state index in [1.54, 1.807) is 22.9 Å². The van der Waals surface area contributed by atoms with E-state index >= 15 is 0 Å². The molecule has 1 aromatic heterocycles. The lowest BCUT2D eigenvalue weighted by Crippen LogP contribution is -2.33. The summed E-state index contributed by atoms with van der Waals surface area (Å²) < 4.78 is 7.86.